The molecule has 0 fully saturated rings. The molecule has 0 radical (unpaired) electrons. The smallest absolute Gasteiger partial charge is 0.352 e. The lowest BCUT2D eigenvalue weighted by Crippen LogP contribution is -2.23. The van der Waals surface area contributed by atoms with E-state index in [1.54, 1.807) is 18.2 Å². The third-order valence-corrected chi connectivity index (χ3v) is 2.70. The molecule has 0 amide bonds. The van der Waals surface area contributed by atoms with Gasteiger partial charge in [-0.05, 0) is 18.2 Å². The lowest BCUT2D eigenvalue weighted by Gasteiger charge is -2.23. The van der Waals surface area contributed by atoms with Crippen LogP contribution in [0.3, 0.4) is 0 Å². The van der Waals surface area contributed by atoms with E-state index in [1.165, 1.54) is 21.1 Å². The Hall–Kier alpha value is -2.24. The van der Waals surface area contributed by atoms with E-state index in [1.807, 2.05) is 19.0 Å². The maximum Gasteiger partial charge on any atom is 0.352 e. The molecule has 20 heavy (non-hydrogen) atoms. The molecular weight excluding hydrogens is 262 g/mol. The molecule has 6 nitrogen and oxygen atoms in total. The fourth-order valence-electron chi connectivity index (χ4n) is 1.79. The Morgan fingerprint density at radius 1 is 1.20 bits per heavy atom. The third kappa shape index (κ3) is 3.63. The molecule has 0 saturated heterocycles. The van der Waals surface area contributed by atoms with E-state index in [4.69, 9.17) is 14.2 Å². The van der Waals surface area contributed by atoms with Crippen molar-refractivity contribution in [3.05, 3.63) is 23.8 Å². The van der Waals surface area contributed by atoms with Crippen molar-refractivity contribution in [3.8, 4) is 5.75 Å². The lowest BCUT2D eigenvalue weighted by molar-refractivity contribution is -0.165. The highest BCUT2D eigenvalue weighted by atomic mass is 16.6. The summed E-state index contributed by atoms with van der Waals surface area (Å²) in [5.41, 5.74) is 1.25. The zero-order chi connectivity index (χ0) is 15.3. The molecule has 0 saturated carbocycles. The Balaban J connectivity index is 3.34. The van der Waals surface area contributed by atoms with E-state index in [9.17, 15) is 9.59 Å². The van der Waals surface area contributed by atoms with Crippen molar-refractivity contribution in [2.45, 2.75) is 13.0 Å². The SMILES string of the molecule is COC(=O)C(OC(C)=O)c1cc(OC)ccc1N(C)C. The van der Waals surface area contributed by atoms with Gasteiger partial charge in [-0.3, -0.25) is 4.79 Å². The number of carbonyl (C=O) groups is 2. The van der Waals surface area contributed by atoms with E-state index in [0.29, 0.717) is 11.3 Å². The summed E-state index contributed by atoms with van der Waals surface area (Å²) >= 11 is 0. The van der Waals surface area contributed by atoms with Gasteiger partial charge < -0.3 is 19.1 Å². The first-order valence-corrected chi connectivity index (χ1v) is 6.01. The van der Waals surface area contributed by atoms with Gasteiger partial charge in [0.15, 0.2) is 0 Å². The molecule has 0 aromatic heterocycles. The predicted molar refractivity (Wildman–Crippen MR) is 73.8 cm³/mol. The Morgan fingerprint density at radius 2 is 1.85 bits per heavy atom. The Kier molecular flexibility index (Phi) is 5.37. The quantitative estimate of drug-likeness (QED) is 0.763. The molecule has 0 aliphatic heterocycles. The first-order valence-electron chi connectivity index (χ1n) is 6.01. The van der Waals surface area contributed by atoms with Gasteiger partial charge in [0.1, 0.15) is 5.75 Å². The minimum Gasteiger partial charge on any atom is -0.497 e. The van der Waals surface area contributed by atoms with Crippen molar-refractivity contribution in [1.82, 2.24) is 0 Å². The first kappa shape index (κ1) is 15.8. The average Bonchev–Trinajstić information content (AvgIpc) is 2.42. The molecule has 1 rings (SSSR count). The molecule has 0 heterocycles. The van der Waals surface area contributed by atoms with E-state index in [2.05, 4.69) is 0 Å². The highest BCUT2D eigenvalue weighted by molar-refractivity contribution is 5.82. The van der Waals surface area contributed by atoms with Gasteiger partial charge in [0.25, 0.3) is 0 Å². The molecule has 1 atom stereocenters. The second-order valence-corrected chi connectivity index (χ2v) is 4.33. The number of benzene rings is 1. The minimum absolute atomic E-state index is 0.511. The molecule has 110 valence electrons. The van der Waals surface area contributed by atoms with Crippen LogP contribution in [0.2, 0.25) is 0 Å². The fraction of sp³-hybridized carbons (Fsp3) is 0.429. The predicted octanol–water partition coefficient (Wildman–Crippen LogP) is 1.54. The zero-order valence-electron chi connectivity index (χ0n) is 12.3. The van der Waals surface area contributed by atoms with Gasteiger partial charge in [-0.15, -0.1) is 0 Å². The number of anilines is 1. The monoisotopic (exact) mass is 281 g/mol. The van der Waals surface area contributed by atoms with Crippen molar-refractivity contribution in [1.29, 1.82) is 0 Å². The topological polar surface area (TPSA) is 65.1 Å². The van der Waals surface area contributed by atoms with E-state index < -0.39 is 18.0 Å². The highest BCUT2D eigenvalue weighted by Gasteiger charge is 2.28. The first-order chi connectivity index (χ1) is 9.40. The number of methoxy groups -OCH3 is 2. The van der Waals surface area contributed by atoms with Crippen molar-refractivity contribution < 1.29 is 23.8 Å². The number of hydrogen-bond acceptors (Lipinski definition) is 6. The molecule has 0 bridgehead atoms. The second kappa shape index (κ2) is 6.79. The van der Waals surface area contributed by atoms with Crippen molar-refractivity contribution in [2.24, 2.45) is 0 Å². The van der Waals surface area contributed by atoms with Crippen molar-refractivity contribution >= 4 is 17.6 Å². The number of ether oxygens (including phenoxy) is 3. The Morgan fingerprint density at radius 3 is 2.30 bits per heavy atom. The molecule has 0 N–H and O–H groups in total. The van der Waals surface area contributed by atoms with E-state index in [-0.39, 0.29) is 0 Å². The summed E-state index contributed by atoms with van der Waals surface area (Å²) in [6.07, 6.45) is -1.12. The number of rotatable bonds is 5. The van der Waals surface area contributed by atoms with Gasteiger partial charge in [-0.2, -0.15) is 0 Å². The molecule has 0 spiro atoms. The summed E-state index contributed by atoms with van der Waals surface area (Å²) < 4.78 is 14.9. The van der Waals surface area contributed by atoms with Gasteiger partial charge in [0.05, 0.1) is 14.2 Å². The Bertz CT molecular complexity index is 498. The average molecular weight is 281 g/mol. The van der Waals surface area contributed by atoms with Crippen LogP contribution < -0.4 is 9.64 Å². The van der Waals surface area contributed by atoms with Crippen LogP contribution >= 0.6 is 0 Å². The maximum atomic E-state index is 11.9. The van der Waals surface area contributed by atoms with Crippen LogP contribution in [0.15, 0.2) is 18.2 Å². The van der Waals surface area contributed by atoms with Crippen LogP contribution in [0.4, 0.5) is 5.69 Å². The number of esters is 2. The Labute approximate surface area is 118 Å². The normalized spacial score (nSPS) is 11.4. The van der Waals surface area contributed by atoms with E-state index >= 15 is 0 Å². The summed E-state index contributed by atoms with van der Waals surface area (Å²) in [6.45, 7) is 1.24. The summed E-state index contributed by atoms with van der Waals surface area (Å²) in [5, 5.41) is 0. The fourth-order valence-corrected chi connectivity index (χ4v) is 1.79. The largest absolute Gasteiger partial charge is 0.497 e. The van der Waals surface area contributed by atoms with Crippen LogP contribution in [-0.2, 0) is 19.1 Å². The molecule has 1 unspecified atom stereocenters. The summed E-state index contributed by atoms with van der Waals surface area (Å²) in [4.78, 5) is 24.9. The zero-order valence-corrected chi connectivity index (χ0v) is 12.3. The van der Waals surface area contributed by atoms with Crippen LogP contribution in [0, 0.1) is 0 Å². The van der Waals surface area contributed by atoms with E-state index in [0.717, 1.165) is 5.69 Å². The summed E-state index contributed by atoms with van der Waals surface area (Å²) in [6, 6.07) is 5.20. The van der Waals surface area contributed by atoms with Gasteiger partial charge in [-0.25, -0.2) is 4.79 Å². The molecule has 1 aromatic carbocycles. The molecule has 0 aliphatic carbocycles. The summed E-state index contributed by atoms with van der Waals surface area (Å²) in [5.74, 6) is -0.642. The molecular formula is C14H19NO5. The second-order valence-electron chi connectivity index (χ2n) is 4.33. The van der Waals surface area contributed by atoms with Crippen LogP contribution in [0.25, 0.3) is 0 Å². The maximum absolute atomic E-state index is 11.9. The van der Waals surface area contributed by atoms with Crippen molar-refractivity contribution in [3.63, 3.8) is 0 Å². The van der Waals surface area contributed by atoms with Gasteiger partial charge in [-0.1, -0.05) is 0 Å². The van der Waals surface area contributed by atoms with Crippen LogP contribution in [0.5, 0.6) is 5.75 Å². The third-order valence-electron chi connectivity index (χ3n) is 2.70. The highest BCUT2D eigenvalue weighted by Crippen LogP contribution is 2.32. The lowest BCUT2D eigenvalue weighted by atomic mass is 10.1. The molecule has 0 aliphatic rings. The number of hydrogen-bond donors (Lipinski definition) is 0. The minimum atomic E-state index is -1.12. The standard InChI is InChI=1S/C14H19NO5/c1-9(16)20-13(14(17)19-5)11-8-10(18-4)6-7-12(11)15(2)3/h6-8,13H,1-5H3. The van der Waals surface area contributed by atoms with Crippen LogP contribution in [-0.4, -0.2) is 40.3 Å². The van der Waals surface area contributed by atoms with Gasteiger partial charge >= 0.3 is 11.9 Å². The molecule has 6 heteroatoms. The number of carbonyl (C=O) groups excluding carboxylic acids is 2. The summed E-state index contributed by atoms with van der Waals surface area (Å²) in [7, 11) is 6.42. The van der Waals surface area contributed by atoms with Crippen LogP contribution in [0.1, 0.15) is 18.6 Å². The van der Waals surface area contributed by atoms with Gasteiger partial charge in [0.2, 0.25) is 6.10 Å². The molecule has 1 aromatic rings. The number of nitrogens with zero attached hydrogens (tertiary/aromatic N) is 1. The van der Waals surface area contributed by atoms with Crippen molar-refractivity contribution in [2.75, 3.05) is 33.2 Å². The van der Waals surface area contributed by atoms with Gasteiger partial charge in [0, 0.05) is 32.3 Å².